The van der Waals surface area contributed by atoms with Crippen molar-refractivity contribution >= 4 is 11.0 Å². The van der Waals surface area contributed by atoms with Crippen molar-refractivity contribution in [3.8, 4) is 0 Å². The van der Waals surface area contributed by atoms with E-state index in [-0.39, 0.29) is 5.54 Å². The van der Waals surface area contributed by atoms with Gasteiger partial charge < -0.3 is 9.73 Å². The third-order valence-corrected chi connectivity index (χ3v) is 3.40. The lowest BCUT2D eigenvalue weighted by Gasteiger charge is -2.19. The lowest BCUT2D eigenvalue weighted by atomic mass is 9.99. The van der Waals surface area contributed by atoms with E-state index in [1.165, 1.54) is 16.5 Å². The summed E-state index contributed by atoms with van der Waals surface area (Å²) in [7, 11) is 0. The van der Waals surface area contributed by atoms with Crippen LogP contribution in [0.4, 0.5) is 0 Å². The van der Waals surface area contributed by atoms with Crippen molar-refractivity contribution in [1.82, 2.24) is 5.32 Å². The van der Waals surface area contributed by atoms with Gasteiger partial charge in [0.05, 0.1) is 6.54 Å². The maximum absolute atomic E-state index is 6.07. The van der Waals surface area contributed by atoms with Gasteiger partial charge in [-0.15, -0.1) is 0 Å². The second-order valence-corrected chi connectivity index (χ2v) is 6.69. The first-order valence-electron chi connectivity index (χ1n) is 7.05. The molecule has 2 heteroatoms. The molecule has 0 amide bonds. The van der Waals surface area contributed by atoms with E-state index in [0.717, 1.165) is 17.9 Å². The molecule has 2 rings (SSSR count). The maximum Gasteiger partial charge on any atom is 0.138 e. The molecule has 1 aromatic carbocycles. The van der Waals surface area contributed by atoms with E-state index in [2.05, 4.69) is 65.1 Å². The molecule has 104 valence electrons. The molecule has 1 heterocycles. The standard InChI is InChI=1S/C17H25NO/c1-11(2)14-8-7-12(3)15-9-13(19-16(14)15)10-18-17(4,5)6/h7-9,11,18H,10H2,1-6H3. The lowest BCUT2D eigenvalue weighted by Crippen LogP contribution is -2.34. The summed E-state index contributed by atoms with van der Waals surface area (Å²) in [6.45, 7) is 13.8. The predicted octanol–water partition coefficient (Wildman–Crippen LogP) is 4.75. The smallest absolute Gasteiger partial charge is 0.138 e. The summed E-state index contributed by atoms with van der Waals surface area (Å²) < 4.78 is 6.07. The van der Waals surface area contributed by atoms with Gasteiger partial charge in [0.1, 0.15) is 11.3 Å². The molecule has 0 radical (unpaired) electrons. The highest BCUT2D eigenvalue weighted by atomic mass is 16.3. The summed E-state index contributed by atoms with van der Waals surface area (Å²) in [4.78, 5) is 0. The topological polar surface area (TPSA) is 25.2 Å². The van der Waals surface area contributed by atoms with E-state index >= 15 is 0 Å². The van der Waals surface area contributed by atoms with Crippen molar-refractivity contribution in [2.45, 2.75) is 59.5 Å². The molecule has 0 aliphatic carbocycles. The van der Waals surface area contributed by atoms with E-state index in [9.17, 15) is 0 Å². The molecule has 0 saturated heterocycles. The Bertz CT molecular complexity index is 573. The molecule has 0 bridgehead atoms. The highest BCUT2D eigenvalue weighted by Gasteiger charge is 2.14. The van der Waals surface area contributed by atoms with Crippen LogP contribution in [0.15, 0.2) is 22.6 Å². The van der Waals surface area contributed by atoms with E-state index in [1.54, 1.807) is 0 Å². The summed E-state index contributed by atoms with van der Waals surface area (Å²) in [5.41, 5.74) is 3.74. The predicted molar refractivity (Wildman–Crippen MR) is 81.6 cm³/mol. The summed E-state index contributed by atoms with van der Waals surface area (Å²) in [5, 5.41) is 4.72. The highest BCUT2D eigenvalue weighted by molar-refractivity contribution is 5.84. The number of rotatable bonds is 3. The van der Waals surface area contributed by atoms with Crippen LogP contribution in [0, 0.1) is 6.92 Å². The monoisotopic (exact) mass is 259 g/mol. The van der Waals surface area contributed by atoms with Crippen LogP contribution in [0.3, 0.4) is 0 Å². The molecule has 0 fully saturated rings. The second-order valence-electron chi connectivity index (χ2n) is 6.69. The Morgan fingerprint density at radius 3 is 2.47 bits per heavy atom. The van der Waals surface area contributed by atoms with Crippen LogP contribution < -0.4 is 5.32 Å². The molecule has 1 aromatic heterocycles. The molecule has 0 aliphatic heterocycles. The summed E-state index contributed by atoms with van der Waals surface area (Å²) >= 11 is 0. The molecule has 2 aromatic rings. The maximum atomic E-state index is 6.07. The van der Waals surface area contributed by atoms with Gasteiger partial charge in [-0.3, -0.25) is 0 Å². The zero-order valence-corrected chi connectivity index (χ0v) is 12.9. The van der Waals surface area contributed by atoms with Crippen molar-refractivity contribution < 1.29 is 4.42 Å². The summed E-state index contributed by atoms with van der Waals surface area (Å²) in [6, 6.07) is 6.55. The van der Waals surface area contributed by atoms with Gasteiger partial charge in [0, 0.05) is 10.9 Å². The van der Waals surface area contributed by atoms with E-state index in [0.29, 0.717) is 5.92 Å². The largest absolute Gasteiger partial charge is 0.459 e. The average molecular weight is 259 g/mol. The Morgan fingerprint density at radius 2 is 1.89 bits per heavy atom. The number of aryl methyl sites for hydroxylation is 1. The molecular weight excluding hydrogens is 234 g/mol. The third kappa shape index (κ3) is 3.19. The van der Waals surface area contributed by atoms with Gasteiger partial charge in [0.25, 0.3) is 0 Å². The number of nitrogens with one attached hydrogen (secondary N) is 1. The molecule has 0 unspecified atom stereocenters. The normalized spacial score (nSPS) is 12.6. The van der Waals surface area contributed by atoms with Crippen LogP contribution in [0.25, 0.3) is 11.0 Å². The number of furan rings is 1. The zero-order chi connectivity index (χ0) is 14.2. The van der Waals surface area contributed by atoms with Gasteiger partial charge in [-0.1, -0.05) is 26.0 Å². The van der Waals surface area contributed by atoms with E-state index < -0.39 is 0 Å². The minimum absolute atomic E-state index is 0.106. The van der Waals surface area contributed by atoms with Crippen LogP contribution in [-0.2, 0) is 6.54 Å². The quantitative estimate of drug-likeness (QED) is 0.860. The lowest BCUT2D eigenvalue weighted by molar-refractivity contribution is 0.394. The molecule has 0 saturated carbocycles. The molecule has 0 spiro atoms. The Morgan fingerprint density at radius 1 is 1.21 bits per heavy atom. The van der Waals surface area contributed by atoms with Crippen LogP contribution in [0.1, 0.15) is 57.4 Å². The molecule has 0 aliphatic rings. The van der Waals surface area contributed by atoms with E-state index in [1.807, 2.05) is 0 Å². The molecule has 2 nitrogen and oxygen atoms in total. The third-order valence-electron chi connectivity index (χ3n) is 3.40. The molecule has 0 atom stereocenters. The van der Waals surface area contributed by atoms with Crippen molar-refractivity contribution in [1.29, 1.82) is 0 Å². The van der Waals surface area contributed by atoms with Crippen LogP contribution in [-0.4, -0.2) is 5.54 Å². The first-order chi connectivity index (χ1) is 8.78. The Labute approximate surface area is 116 Å². The van der Waals surface area contributed by atoms with Gasteiger partial charge in [-0.25, -0.2) is 0 Å². The minimum Gasteiger partial charge on any atom is -0.459 e. The van der Waals surface area contributed by atoms with Crippen LogP contribution >= 0.6 is 0 Å². The van der Waals surface area contributed by atoms with Crippen molar-refractivity contribution in [2.75, 3.05) is 0 Å². The fraction of sp³-hybridized carbons (Fsp3) is 0.529. The highest BCUT2D eigenvalue weighted by Crippen LogP contribution is 2.30. The fourth-order valence-corrected chi connectivity index (χ4v) is 2.22. The summed E-state index contributed by atoms with van der Waals surface area (Å²) in [5.74, 6) is 1.50. The number of hydrogen-bond acceptors (Lipinski definition) is 2. The van der Waals surface area contributed by atoms with Gasteiger partial charge in [0.15, 0.2) is 0 Å². The molecule has 1 N–H and O–H groups in total. The van der Waals surface area contributed by atoms with Crippen molar-refractivity contribution in [2.24, 2.45) is 0 Å². The van der Waals surface area contributed by atoms with Gasteiger partial charge in [0.2, 0.25) is 0 Å². The number of fused-ring (bicyclic) bond motifs is 1. The Hall–Kier alpha value is -1.28. The SMILES string of the molecule is Cc1ccc(C(C)C)c2oc(CNC(C)(C)C)cc12. The van der Waals surface area contributed by atoms with Crippen LogP contribution in [0.2, 0.25) is 0 Å². The molecule has 19 heavy (non-hydrogen) atoms. The first kappa shape index (κ1) is 14.1. The van der Waals surface area contributed by atoms with Crippen LogP contribution in [0.5, 0.6) is 0 Å². The van der Waals surface area contributed by atoms with Gasteiger partial charge in [-0.05, 0) is 50.8 Å². The van der Waals surface area contributed by atoms with Gasteiger partial charge >= 0.3 is 0 Å². The van der Waals surface area contributed by atoms with Gasteiger partial charge in [-0.2, -0.15) is 0 Å². The van der Waals surface area contributed by atoms with Crippen molar-refractivity contribution in [3.05, 3.63) is 35.1 Å². The van der Waals surface area contributed by atoms with E-state index in [4.69, 9.17) is 4.42 Å². The Kier molecular flexibility index (Phi) is 3.73. The number of hydrogen-bond donors (Lipinski definition) is 1. The average Bonchev–Trinajstić information content (AvgIpc) is 2.70. The minimum atomic E-state index is 0.106. The Balaban J connectivity index is 2.39. The number of benzene rings is 1. The van der Waals surface area contributed by atoms with Crippen molar-refractivity contribution in [3.63, 3.8) is 0 Å². The zero-order valence-electron chi connectivity index (χ0n) is 12.9. The molecular formula is C17H25NO. The fourth-order valence-electron chi connectivity index (χ4n) is 2.22. The summed E-state index contributed by atoms with van der Waals surface area (Å²) in [6.07, 6.45) is 0. The second kappa shape index (κ2) is 5.01. The first-order valence-corrected chi connectivity index (χ1v) is 7.05.